The van der Waals surface area contributed by atoms with Crippen LogP contribution in [0.1, 0.15) is 47.0 Å². The number of esters is 1. The van der Waals surface area contributed by atoms with Crippen molar-refractivity contribution in [2.24, 2.45) is 17.6 Å². The van der Waals surface area contributed by atoms with E-state index in [0.717, 1.165) is 34.6 Å². The Hall–Kier alpha value is -3.01. The van der Waals surface area contributed by atoms with Crippen LogP contribution in [-0.4, -0.2) is 47.1 Å². The lowest BCUT2D eigenvalue weighted by Crippen LogP contribution is -2.45. The van der Waals surface area contributed by atoms with E-state index in [1.165, 1.54) is 18.3 Å². The second-order valence-corrected chi connectivity index (χ2v) is 9.07. The maximum absolute atomic E-state index is 12.6. The number of likely N-dealkylation sites (tertiary alicyclic amines) is 1. The Kier molecular flexibility index (Phi) is 5.65. The number of hydrogen-bond donors (Lipinski definition) is 2. The third-order valence-corrected chi connectivity index (χ3v) is 7.24. The van der Waals surface area contributed by atoms with Crippen LogP contribution < -0.4 is 11.1 Å². The van der Waals surface area contributed by atoms with E-state index in [0.29, 0.717) is 23.4 Å². The van der Waals surface area contributed by atoms with Crippen molar-refractivity contribution in [3.05, 3.63) is 28.2 Å². The van der Waals surface area contributed by atoms with E-state index in [2.05, 4.69) is 5.32 Å². The van der Waals surface area contributed by atoms with Gasteiger partial charge in [-0.15, -0.1) is 11.3 Å². The molecule has 1 aliphatic heterocycles. The van der Waals surface area contributed by atoms with Crippen LogP contribution in [0.3, 0.4) is 0 Å². The molecule has 1 aromatic rings. The molecule has 3 atom stereocenters. The number of primary amides is 1. The molecular weight excluding hydrogens is 422 g/mol. The zero-order valence-electron chi connectivity index (χ0n) is 17.0. The number of thiophene rings is 1. The quantitative estimate of drug-likeness (QED) is 0.383. The van der Waals surface area contributed by atoms with Crippen LogP contribution >= 0.6 is 11.3 Å². The fraction of sp³-hybridized carbons (Fsp3) is 0.476. The van der Waals surface area contributed by atoms with Crippen LogP contribution in [0.4, 0.5) is 5.00 Å². The Balaban J connectivity index is 1.36. The van der Waals surface area contributed by atoms with Gasteiger partial charge in [0.05, 0.1) is 17.4 Å². The number of anilines is 1. The minimum atomic E-state index is -1.12. The summed E-state index contributed by atoms with van der Waals surface area (Å²) in [6, 6.07) is -1.12. The van der Waals surface area contributed by atoms with Gasteiger partial charge in [-0.25, -0.2) is 4.79 Å². The minimum Gasteiger partial charge on any atom is -0.454 e. The largest absolute Gasteiger partial charge is 0.454 e. The lowest BCUT2D eigenvalue weighted by Gasteiger charge is -2.21. The molecule has 1 fully saturated rings. The smallest absolute Gasteiger partial charge is 0.329 e. The van der Waals surface area contributed by atoms with Crippen LogP contribution in [0.25, 0.3) is 0 Å². The lowest BCUT2D eigenvalue weighted by atomic mass is 9.85. The van der Waals surface area contributed by atoms with Crippen molar-refractivity contribution in [2.75, 3.05) is 11.9 Å². The van der Waals surface area contributed by atoms with E-state index in [4.69, 9.17) is 10.5 Å². The maximum atomic E-state index is 12.6. The normalized spacial score (nSPS) is 22.8. The highest BCUT2D eigenvalue weighted by atomic mass is 32.1. The van der Waals surface area contributed by atoms with Crippen LogP contribution in [-0.2, 0) is 36.8 Å². The van der Waals surface area contributed by atoms with E-state index >= 15 is 0 Å². The van der Waals surface area contributed by atoms with Crippen molar-refractivity contribution in [1.29, 1.82) is 0 Å². The number of carbonyl (C=O) groups excluding carboxylic acids is 5. The number of carbonyl (C=O) groups is 5. The molecule has 31 heavy (non-hydrogen) atoms. The van der Waals surface area contributed by atoms with Gasteiger partial charge in [-0.2, -0.15) is 0 Å². The van der Waals surface area contributed by atoms with E-state index in [9.17, 15) is 24.0 Å². The van der Waals surface area contributed by atoms with E-state index in [-0.39, 0.29) is 11.8 Å². The van der Waals surface area contributed by atoms with Crippen molar-refractivity contribution in [1.82, 2.24) is 4.90 Å². The molecule has 0 aromatic carbocycles. The van der Waals surface area contributed by atoms with Crippen LogP contribution in [0, 0.1) is 11.8 Å². The molecule has 9 nitrogen and oxygen atoms in total. The average molecular weight is 445 g/mol. The highest BCUT2D eigenvalue weighted by molar-refractivity contribution is 7.17. The summed E-state index contributed by atoms with van der Waals surface area (Å²) in [6.45, 7) is 0.810. The van der Waals surface area contributed by atoms with Gasteiger partial charge >= 0.3 is 5.97 Å². The number of nitrogens with one attached hydrogen (secondary N) is 1. The standard InChI is InChI=1S/C21H23N3O6S/c1-10(24-19(27)11-5-2-3-6-12(11)20(24)28)21(29)30-9-15(25)23-18-16(17(22)26)13-7-4-8-14(13)31-18/h2-3,10-12H,4-9H2,1H3,(H2,22,26)(H,23,25)/t10-,11-,12-/m0/s1. The molecule has 4 amide bonds. The van der Waals surface area contributed by atoms with Crippen molar-refractivity contribution < 1.29 is 28.7 Å². The third kappa shape index (κ3) is 3.76. The van der Waals surface area contributed by atoms with E-state index in [1.807, 2.05) is 12.2 Å². The van der Waals surface area contributed by atoms with Crippen LogP contribution in [0.5, 0.6) is 0 Å². The third-order valence-electron chi connectivity index (χ3n) is 6.04. The van der Waals surface area contributed by atoms with E-state index in [1.54, 1.807) is 0 Å². The number of imide groups is 1. The molecule has 2 heterocycles. The number of fused-ring (bicyclic) bond motifs is 2. The second-order valence-electron chi connectivity index (χ2n) is 7.96. The number of allylic oxidation sites excluding steroid dienone is 2. The number of ether oxygens (including phenoxy) is 1. The highest BCUT2D eigenvalue weighted by Crippen LogP contribution is 2.39. The molecule has 0 radical (unpaired) electrons. The Bertz CT molecular complexity index is 987. The van der Waals surface area contributed by atoms with Gasteiger partial charge in [0.25, 0.3) is 11.8 Å². The number of hydrogen-bond acceptors (Lipinski definition) is 7. The molecule has 2 aliphatic carbocycles. The molecular formula is C21H23N3O6S. The zero-order valence-corrected chi connectivity index (χ0v) is 17.8. The number of nitrogens with two attached hydrogens (primary N) is 1. The molecule has 10 heteroatoms. The molecule has 0 unspecified atom stereocenters. The van der Waals surface area contributed by atoms with E-state index < -0.39 is 42.3 Å². The van der Waals surface area contributed by atoms with Crippen LogP contribution in [0.2, 0.25) is 0 Å². The molecule has 0 spiro atoms. The summed E-state index contributed by atoms with van der Waals surface area (Å²) in [5.74, 6) is -3.72. The SMILES string of the molecule is C[C@@H](C(=O)OCC(=O)Nc1sc2c(c1C(N)=O)CCC2)N1C(=O)[C@H]2CC=CC[C@@H]2C1=O. The summed E-state index contributed by atoms with van der Waals surface area (Å²) < 4.78 is 5.05. The highest BCUT2D eigenvalue weighted by Gasteiger charge is 2.50. The Morgan fingerprint density at radius 2 is 1.84 bits per heavy atom. The van der Waals surface area contributed by atoms with Gasteiger partial charge < -0.3 is 15.8 Å². The van der Waals surface area contributed by atoms with Gasteiger partial charge in [-0.05, 0) is 44.6 Å². The first-order valence-corrected chi connectivity index (χ1v) is 11.0. The molecule has 3 N–H and O–H groups in total. The molecule has 1 aromatic heterocycles. The van der Waals surface area contributed by atoms with Gasteiger partial charge in [0.2, 0.25) is 11.8 Å². The van der Waals surface area contributed by atoms with Gasteiger partial charge in [0, 0.05) is 4.88 Å². The fourth-order valence-corrected chi connectivity index (χ4v) is 5.80. The monoisotopic (exact) mass is 445 g/mol. The number of aryl methyl sites for hydroxylation is 1. The second kappa shape index (κ2) is 8.26. The Morgan fingerprint density at radius 1 is 1.19 bits per heavy atom. The minimum absolute atomic E-state index is 0.315. The van der Waals surface area contributed by atoms with Crippen molar-refractivity contribution in [2.45, 2.75) is 45.1 Å². The summed E-state index contributed by atoms with van der Waals surface area (Å²) in [4.78, 5) is 63.7. The number of rotatable bonds is 6. The van der Waals surface area contributed by atoms with Crippen molar-refractivity contribution >= 4 is 45.9 Å². The zero-order chi connectivity index (χ0) is 22.3. The molecule has 3 aliphatic rings. The summed E-state index contributed by atoms with van der Waals surface area (Å²) in [6.07, 6.45) is 7.19. The Labute approximate surface area is 182 Å². The van der Waals surface area contributed by atoms with Gasteiger partial charge in [0.15, 0.2) is 6.61 Å². The predicted octanol–water partition coefficient (Wildman–Crippen LogP) is 1.16. The lowest BCUT2D eigenvalue weighted by molar-refractivity contribution is -0.159. The molecule has 0 saturated carbocycles. The molecule has 0 bridgehead atoms. The topological polar surface area (TPSA) is 136 Å². The number of amides is 4. The summed E-state index contributed by atoms with van der Waals surface area (Å²) in [5, 5.41) is 2.94. The van der Waals surface area contributed by atoms with Gasteiger partial charge in [-0.1, -0.05) is 12.2 Å². The first-order chi connectivity index (χ1) is 14.8. The maximum Gasteiger partial charge on any atom is 0.329 e. The van der Waals surface area contributed by atoms with Gasteiger partial charge in [0.1, 0.15) is 11.0 Å². The Morgan fingerprint density at radius 3 is 2.45 bits per heavy atom. The summed E-state index contributed by atoms with van der Waals surface area (Å²) in [5.41, 5.74) is 6.66. The van der Waals surface area contributed by atoms with Crippen molar-refractivity contribution in [3.8, 4) is 0 Å². The number of nitrogens with zero attached hydrogens (tertiary/aromatic N) is 1. The first kappa shape index (κ1) is 21.2. The average Bonchev–Trinajstić information content (AvgIpc) is 3.38. The first-order valence-electron chi connectivity index (χ1n) is 10.2. The van der Waals surface area contributed by atoms with Crippen LogP contribution in [0.15, 0.2) is 12.2 Å². The summed E-state index contributed by atoms with van der Waals surface area (Å²) in [7, 11) is 0. The van der Waals surface area contributed by atoms with Crippen molar-refractivity contribution in [3.63, 3.8) is 0 Å². The molecule has 164 valence electrons. The predicted molar refractivity (Wildman–Crippen MR) is 111 cm³/mol. The fourth-order valence-electron chi connectivity index (χ4n) is 4.49. The summed E-state index contributed by atoms with van der Waals surface area (Å²) >= 11 is 1.30. The molecule has 4 rings (SSSR count). The molecule has 1 saturated heterocycles. The van der Waals surface area contributed by atoms with Gasteiger partial charge in [-0.3, -0.25) is 24.1 Å².